The number of hydrogen-bond acceptors (Lipinski definition) is 4. The van der Waals surface area contributed by atoms with Crippen LogP contribution in [0.4, 0.5) is 11.4 Å². The number of nitrogens with zero attached hydrogens (tertiary/aromatic N) is 2. The van der Waals surface area contributed by atoms with Gasteiger partial charge in [-0.05, 0) is 30.0 Å². The molecule has 20 heavy (non-hydrogen) atoms. The molecule has 1 aromatic carbocycles. The minimum absolute atomic E-state index is 0.369. The first-order valence-corrected chi connectivity index (χ1v) is 7.97. The van der Waals surface area contributed by atoms with Crippen molar-refractivity contribution in [2.24, 2.45) is 10.4 Å². The highest BCUT2D eigenvalue weighted by Crippen LogP contribution is 2.32. The summed E-state index contributed by atoms with van der Waals surface area (Å²) in [6, 6.07) is 8.43. The molecule has 3 nitrogen and oxygen atoms in total. The average molecular weight is 291 g/mol. The highest BCUT2D eigenvalue weighted by atomic mass is 32.2. The first-order chi connectivity index (χ1) is 9.33. The Bertz CT molecular complexity index is 489. The van der Waals surface area contributed by atoms with Gasteiger partial charge in [0.1, 0.15) is 0 Å². The molecule has 0 aliphatic carbocycles. The van der Waals surface area contributed by atoms with Gasteiger partial charge in [-0.1, -0.05) is 38.6 Å². The molecule has 1 N–H and O–H groups in total. The zero-order valence-electron chi connectivity index (χ0n) is 13.1. The molecule has 2 rings (SSSR count). The lowest BCUT2D eigenvalue weighted by molar-refractivity contribution is 0.375. The van der Waals surface area contributed by atoms with Gasteiger partial charge in [-0.2, -0.15) is 0 Å². The van der Waals surface area contributed by atoms with E-state index in [0.717, 1.165) is 17.4 Å². The molecule has 0 saturated carbocycles. The van der Waals surface area contributed by atoms with Gasteiger partial charge in [-0.3, -0.25) is 4.99 Å². The van der Waals surface area contributed by atoms with E-state index in [1.165, 1.54) is 12.1 Å². The Morgan fingerprint density at radius 3 is 2.75 bits per heavy atom. The normalized spacial score (nSPS) is 18.9. The number of rotatable bonds is 3. The maximum absolute atomic E-state index is 4.63. The number of anilines is 2. The molecule has 1 heterocycles. The number of nitrogens with one attached hydrogen (secondary N) is 1. The van der Waals surface area contributed by atoms with Crippen molar-refractivity contribution >= 4 is 28.3 Å². The summed E-state index contributed by atoms with van der Waals surface area (Å²) in [7, 11) is 4.11. The second kappa shape index (κ2) is 6.08. The van der Waals surface area contributed by atoms with E-state index in [2.05, 4.69) is 74.3 Å². The number of amidine groups is 1. The van der Waals surface area contributed by atoms with E-state index in [1.54, 1.807) is 0 Å². The summed E-state index contributed by atoms with van der Waals surface area (Å²) in [5, 5.41) is 5.10. The van der Waals surface area contributed by atoms with Crippen LogP contribution in [0, 0.1) is 5.41 Å². The Balaban J connectivity index is 1.94. The third-order valence-corrected chi connectivity index (χ3v) is 4.27. The van der Waals surface area contributed by atoms with Gasteiger partial charge in [0.2, 0.25) is 0 Å². The lowest BCUT2D eigenvalue weighted by atomic mass is 9.90. The largest absolute Gasteiger partial charge is 0.378 e. The average Bonchev–Trinajstić information content (AvgIpc) is 2.74. The Kier molecular flexibility index (Phi) is 4.63. The second-order valence-corrected chi connectivity index (χ2v) is 8.01. The molecule has 1 atom stereocenters. The van der Waals surface area contributed by atoms with Crippen LogP contribution in [0.2, 0.25) is 0 Å². The number of thioether (sulfide) groups is 1. The third-order valence-electron chi connectivity index (χ3n) is 3.17. The molecule has 0 spiro atoms. The Morgan fingerprint density at radius 2 is 2.10 bits per heavy atom. The van der Waals surface area contributed by atoms with E-state index >= 15 is 0 Å². The third kappa shape index (κ3) is 4.44. The standard InChI is InChI=1S/C16H25N3S/c1-16(2,3)10-14-11-17-15(20-14)18-12-7-6-8-13(9-12)19(4)5/h6-9,14H,10-11H2,1-5H3,(H,17,18). The van der Waals surface area contributed by atoms with Crippen LogP contribution in [0.15, 0.2) is 29.3 Å². The second-order valence-electron chi connectivity index (χ2n) is 6.72. The predicted molar refractivity (Wildman–Crippen MR) is 92.1 cm³/mol. The summed E-state index contributed by atoms with van der Waals surface area (Å²) >= 11 is 1.87. The molecule has 110 valence electrons. The van der Waals surface area contributed by atoms with Gasteiger partial charge in [-0.25, -0.2) is 0 Å². The van der Waals surface area contributed by atoms with Crippen LogP contribution in [0.5, 0.6) is 0 Å². The topological polar surface area (TPSA) is 27.6 Å². The fourth-order valence-corrected chi connectivity index (χ4v) is 3.63. The molecule has 1 aliphatic heterocycles. The monoisotopic (exact) mass is 291 g/mol. The van der Waals surface area contributed by atoms with Gasteiger partial charge < -0.3 is 10.2 Å². The van der Waals surface area contributed by atoms with E-state index in [4.69, 9.17) is 0 Å². The molecule has 4 heteroatoms. The van der Waals surface area contributed by atoms with Crippen LogP contribution < -0.4 is 10.2 Å². The molecule has 1 aliphatic rings. The molecule has 0 saturated heterocycles. The molecule has 0 bridgehead atoms. The SMILES string of the molecule is CN(C)c1cccc(NC2=NCC(CC(C)(C)C)S2)c1. The minimum Gasteiger partial charge on any atom is -0.378 e. The van der Waals surface area contributed by atoms with Gasteiger partial charge in [0.05, 0.1) is 6.54 Å². The van der Waals surface area contributed by atoms with E-state index in [-0.39, 0.29) is 0 Å². The number of aliphatic imine (C=N–C) groups is 1. The highest BCUT2D eigenvalue weighted by molar-refractivity contribution is 8.15. The Labute approximate surface area is 126 Å². The van der Waals surface area contributed by atoms with Crippen molar-refractivity contribution in [3.05, 3.63) is 24.3 Å². The van der Waals surface area contributed by atoms with Crippen LogP contribution in [-0.4, -0.2) is 31.1 Å². The van der Waals surface area contributed by atoms with Crippen LogP contribution >= 0.6 is 11.8 Å². The maximum atomic E-state index is 4.63. The van der Waals surface area contributed by atoms with Crippen LogP contribution in [0.1, 0.15) is 27.2 Å². The molecule has 0 fully saturated rings. The lowest BCUT2D eigenvalue weighted by Gasteiger charge is -2.21. The number of hydrogen-bond donors (Lipinski definition) is 1. The summed E-state index contributed by atoms with van der Waals surface area (Å²) in [6.07, 6.45) is 1.20. The first-order valence-electron chi connectivity index (χ1n) is 7.09. The summed E-state index contributed by atoms with van der Waals surface area (Å²) < 4.78 is 0. The van der Waals surface area contributed by atoms with Crippen molar-refractivity contribution in [3.8, 4) is 0 Å². The van der Waals surface area contributed by atoms with Crippen molar-refractivity contribution < 1.29 is 0 Å². The summed E-state index contributed by atoms with van der Waals surface area (Å²) in [5.41, 5.74) is 2.68. The maximum Gasteiger partial charge on any atom is 0.161 e. The predicted octanol–water partition coefficient (Wildman–Crippen LogP) is 4.07. The van der Waals surface area contributed by atoms with Crippen molar-refractivity contribution in [2.75, 3.05) is 30.9 Å². The fraction of sp³-hybridized carbons (Fsp3) is 0.562. The van der Waals surface area contributed by atoms with Gasteiger partial charge in [-0.15, -0.1) is 0 Å². The zero-order valence-corrected chi connectivity index (χ0v) is 13.9. The Morgan fingerprint density at radius 1 is 1.35 bits per heavy atom. The zero-order chi connectivity index (χ0) is 14.8. The van der Waals surface area contributed by atoms with Crippen molar-refractivity contribution in [3.63, 3.8) is 0 Å². The molecular formula is C16H25N3S. The van der Waals surface area contributed by atoms with Crippen molar-refractivity contribution in [1.29, 1.82) is 0 Å². The van der Waals surface area contributed by atoms with Gasteiger partial charge >= 0.3 is 0 Å². The highest BCUT2D eigenvalue weighted by Gasteiger charge is 2.25. The lowest BCUT2D eigenvalue weighted by Crippen LogP contribution is -2.16. The van der Waals surface area contributed by atoms with Crippen LogP contribution in [0.25, 0.3) is 0 Å². The Hall–Kier alpha value is -1.16. The molecule has 0 aromatic heterocycles. The number of benzene rings is 1. The van der Waals surface area contributed by atoms with E-state index in [9.17, 15) is 0 Å². The minimum atomic E-state index is 0.369. The van der Waals surface area contributed by atoms with E-state index in [1.807, 2.05) is 11.8 Å². The van der Waals surface area contributed by atoms with E-state index in [0.29, 0.717) is 10.7 Å². The quantitative estimate of drug-likeness (QED) is 0.909. The summed E-state index contributed by atoms with van der Waals surface area (Å²) in [4.78, 5) is 6.73. The fourth-order valence-electron chi connectivity index (χ4n) is 2.26. The molecular weight excluding hydrogens is 266 g/mol. The summed E-state index contributed by atoms with van der Waals surface area (Å²) in [6.45, 7) is 7.80. The smallest absolute Gasteiger partial charge is 0.161 e. The van der Waals surface area contributed by atoms with E-state index < -0.39 is 0 Å². The van der Waals surface area contributed by atoms with Gasteiger partial charge in [0.25, 0.3) is 0 Å². The van der Waals surface area contributed by atoms with Crippen molar-refractivity contribution in [1.82, 2.24) is 0 Å². The van der Waals surface area contributed by atoms with Crippen molar-refractivity contribution in [2.45, 2.75) is 32.4 Å². The van der Waals surface area contributed by atoms with Crippen LogP contribution in [0.3, 0.4) is 0 Å². The van der Waals surface area contributed by atoms with Crippen LogP contribution in [-0.2, 0) is 0 Å². The summed E-state index contributed by atoms with van der Waals surface area (Å²) in [5.74, 6) is 0. The first kappa shape index (κ1) is 15.2. The molecule has 0 amide bonds. The molecule has 1 unspecified atom stereocenters. The molecule has 0 radical (unpaired) electrons. The van der Waals surface area contributed by atoms with Gasteiger partial charge in [0.15, 0.2) is 5.17 Å². The molecule has 1 aromatic rings. The van der Waals surface area contributed by atoms with Gasteiger partial charge in [0, 0.05) is 30.7 Å².